The van der Waals surface area contributed by atoms with Crippen molar-refractivity contribution in [2.75, 3.05) is 11.9 Å². The lowest BCUT2D eigenvalue weighted by Gasteiger charge is -2.12. The minimum absolute atomic E-state index is 0.0332. The molecule has 1 N–H and O–H groups in total. The molecule has 116 valence electrons. The van der Waals surface area contributed by atoms with Gasteiger partial charge in [0, 0.05) is 18.0 Å². The molecule has 1 aromatic rings. The second kappa shape index (κ2) is 9.04. The van der Waals surface area contributed by atoms with E-state index in [4.69, 9.17) is 4.52 Å². The number of unbranched alkanes of at least 4 members (excludes halogenated alkanes) is 7. The Hall–Kier alpha value is -0.990. The summed E-state index contributed by atoms with van der Waals surface area (Å²) in [6.45, 7) is 9.66. The highest BCUT2D eigenvalue weighted by atomic mass is 16.5. The van der Waals surface area contributed by atoms with E-state index in [0.29, 0.717) is 0 Å². The number of aromatic nitrogens is 1. The van der Waals surface area contributed by atoms with Crippen LogP contribution in [0.3, 0.4) is 0 Å². The Bertz CT molecular complexity index is 352. The number of hydrogen-bond acceptors (Lipinski definition) is 3. The average Bonchev–Trinajstić information content (AvgIpc) is 2.85. The van der Waals surface area contributed by atoms with Crippen LogP contribution in [0.4, 0.5) is 5.82 Å². The van der Waals surface area contributed by atoms with Crippen LogP contribution in [-0.2, 0) is 5.41 Å². The van der Waals surface area contributed by atoms with Crippen molar-refractivity contribution in [3.63, 3.8) is 0 Å². The molecule has 0 fully saturated rings. The lowest BCUT2D eigenvalue weighted by atomic mass is 9.93. The molecule has 0 aliphatic heterocycles. The smallest absolute Gasteiger partial charge is 0.169 e. The summed E-state index contributed by atoms with van der Waals surface area (Å²) in [4.78, 5) is 0. The molecule has 0 spiro atoms. The maximum atomic E-state index is 5.35. The van der Waals surface area contributed by atoms with E-state index in [0.717, 1.165) is 18.1 Å². The number of anilines is 1. The Kier molecular flexibility index (Phi) is 7.71. The average molecular weight is 280 g/mol. The van der Waals surface area contributed by atoms with Crippen molar-refractivity contribution in [2.24, 2.45) is 0 Å². The first kappa shape index (κ1) is 17.1. The van der Waals surface area contributed by atoms with Crippen molar-refractivity contribution in [1.82, 2.24) is 5.16 Å². The van der Waals surface area contributed by atoms with Crippen LogP contribution in [0.5, 0.6) is 0 Å². The van der Waals surface area contributed by atoms with Gasteiger partial charge in [-0.2, -0.15) is 0 Å². The van der Waals surface area contributed by atoms with E-state index in [2.05, 4.69) is 38.2 Å². The molecule has 3 heteroatoms. The zero-order valence-electron chi connectivity index (χ0n) is 13.8. The molecule has 0 atom stereocenters. The second-order valence-electron chi connectivity index (χ2n) is 6.73. The van der Waals surface area contributed by atoms with Crippen molar-refractivity contribution in [3.05, 3.63) is 11.8 Å². The Morgan fingerprint density at radius 3 is 2.15 bits per heavy atom. The Labute approximate surface area is 124 Å². The summed E-state index contributed by atoms with van der Waals surface area (Å²) in [5, 5.41) is 7.41. The topological polar surface area (TPSA) is 38.1 Å². The van der Waals surface area contributed by atoms with E-state index in [1.807, 2.05) is 6.07 Å². The fourth-order valence-corrected chi connectivity index (χ4v) is 2.19. The molecule has 0 bridgehead atoms. The van der Waals surface area contributed by atoms with E-state index < -0.39 is 0 Å². The molecular formula is C17H32N2O. The molecule has 0 amide bonds. The van der Waals surface area contributed by atoms with Crippen LogP contribution >= 0.6 is 0 Å². The third-order valence-corrected chi connectivity index (χ3v) is 3.59. The molecule has 3 nitrogen and oxygen atoms in total. The predicted molar refractivity (Wildman–Crippen MR) is 86.3 cm³/mol. The van der Waals surface area contributed by atoms with E-state index >= 15 is 0 Å². The summed E-state index contributed by atoms with van der Waals surface area (Å²) in [5.74, 6) is 1.81. The Balaban J connectivity index is 2.03. The summed E-state index contributed by atoms with van der Waals surface area (Å²) in [6, 6.07) is 2.02. The van der Waals surface area contributed by atoms with Gasteiger partial charge in [-0.1, -0.05) is 77.8 Å². The molecule has 1 aromatic heterocycles. The fourth-order valence-electron chi connectivity index (χ4n) is 2.19. The van der Waals surface area contributed by atoms with E-state index in [1.165, 1.54) is 51.4 Å². The van der Waals surface area contributed by atoms with Crippen molar-refractivity contribution < 1.29 is 4.52 Å². The Morgan fingerprint density at radius 2 is 1.60 bits per heavy atom. The van der Waals surface area contributed by atoms with Gasteiger partial charge in [0.15, 0.2) is 5.82 Å². The molecule has 0 saturated heterocycles. The van der Waals surface area contributed by atoms with Crippen LogP contribution in [0.15, 0.2) is 10.6 Å². The number of nitrogens with zero attached hydrogens (tertiary/aromatic N) is 1. The minimum Gasteiger partial charge on any atom is -0.367 e. The van der Waals surface area contributed by atoms with Gasteiger partial charge in [-0.3, -0.25) is 0 Å². The normalized spacial score (nSPS) is 11.8. The van der Waals surface area contributed by atoms with E-state index in [-0.39, 0.29) is 5.41 Å². The molecule has 0 aromatic carbocycles. The van der Waals surface area contributed by atoms with Crippen LogP contribution in [-0.4, -0.2) is 11.7 Å². The number of rotatable bonds is 10. The highest BCUT2D eigenvalue weighted by Gasteiger charge is 2.19. The van der Waals surface area contributed by atoms with Crippen molar-refractivity contribution in [2.45, 2.75) is 84.5 Å². The highest BCUT2D eigenvalue weighted by molar-refractivity contribution is 5.35. The van der Waals surface area contributed by atoms with Crippen molar-refractivity contribution >= 4 is 5.82 Å². The standard InChI is InChI=1S/C17H32N2O/c1-5-6-7-8-9-10-11-12-13-18-16-14-15(20-19-16)17(2,3)4/h14H,5-13H2,1-4H3,(H,18,19). The van der Waals surface area contributed by atoms with Gasteiger partial charge in [-0.15, -0.1) is 0 Å². The summed E-state index contributed by atoms with van der Waals surface area (Å²) in [5.41, 5.74) is 0.0332. The van der Waals surface area contributed by atoms with Gasteiger partial charge >= 0.3 is 0 Å². The first-order valence-electron chi connectivity index (χ1n) is 8.25. The fraction of sp³-hybridized carbons (Fsp3) is 0.824. The number of hydrogen-bond donors (Lipinski definition) is 1. The Morgan fingerprint density at radius 1 is 1.00 bits per heavy atom. The maximum Gasteiger partial charge on any atom is 0.169 e. The van der Waals surface area contributed by atoms with Crippen LogP contribution in [0, 0.1) is 0 Å². The third-order valence-electron chi connectivity index (χ3n) is 3.59. The quantitative estimate of drug-likeness (QED) is 0.573. The summed E-state index contributed by atoms with van der Waals surface area (Å²) in [7, 11) is 0. The second-order valence-corrected chi connectivity index (χ2v) is 6.73. The summed E-state index contributed by atoms with van der Waals surface area (Å²) >= 11 is 0. The lowest BCUT2D eigenvalue weighted by Crippen LogP contribution is -2.09. The van der Waals surface area contributed by atoms with Gasteiger partial charge < -0.3 is 9.84 Å². The van der Waals surface area contributed by atoms with Crippen LogP contribution in [0.1, 0.15) is 84.8 Å². The SMILES string of the molecule is CCCCCCCCCCNc1cc(C(C)(C)C)on1. The monoisotopic (exact) mass is 280 g/mol. The predicted octanol–water partition coefficient (Wildman–Crippen LogP) is 5.52. The molecular weight excluding hydrogens is 248 g/mol. The van der Waals surface area contributed by atoms with Gasteiger partial charge in [0.1, 0.15) is 5.76 Å². The first-order chi connectivity index (χ1) is 9.54. The summed E-state index contributed by atoms with van der Waals surface area (Å²) in [6.07, 6.45) is 10.8. The largest absolute Gasteiger partial charge is 0.367 e. The molecule has 1 heterocycles. The van der Waals surface area contributed by atoms with Gasteiger partial charge in [0.2, 0.25) is 0 Å². The van der Waals surface area contributed by atoms with Crippen LogP contribution in [0.2, 0.25) is 0 Å². The van der Waals surface area contributed by atoms with E-state index in [1.54, 1.807) is 0 Å². The molecule has 0 saturated carbocycles. The van der Waals surface area contributed by atoms with Gasteiger partial charge in [0.05, 0.1) is 0 Å². The maximum absolute atomic E-state index is 5.35. The molecule has 1 rings (SSSR count). The van der Waals surface area contributed by atoms with Gasteiger partial charge in [0.25, 0.3) is 0 Å². The lowest BCUT2D eigenvalue weighted by molar-refractivity contribution is 0.330. The third kappa shape index (κ3) is 6.97. The molecule has 20 heavy (non-hydrogen) atoms. The van der Waals surface area contributed by atoms with E-state index in [9.17, 15) is 0 Å². The molecule has 0 aliphatic carbocycles. The zero-order chi connectivity index (χ0) is 14.8. The first-order valence-corrected chi connectivity index (χ1v) is 8.25. The van der Waals surface area contributed by atoms with Crippen molar-refractivity contribution in [1.29, 1.82) is 0 Å². The molecule has 0 radical (unpaired) electrons. The van der Waals surface area contributed by atoms with Gasteiger partial charge in [-0.05, 0) is 6.42 Å². The number of nitrogens with one attached hydrogen (secondary N) is 1. The van der Waals surface area contributed by atoms with Crippen molar-refractivity contribution in [3.8, 4) is 0 Å². The highest BCUT2D eigenvalue weighted by Crippen LogP contribution is 2.24. The molecule has 0 aliphatic rings. The van der Waals surface area contributed by atoms with Gasteiger partial charge in [-0.25, -0.2) is 0 Å². The minimum atomic E-state index is 0.0332. The van der Waals surface area contributed by atoms with Crippen LogP contribution in [0.25, 0.3) is 0 Å². The zero-order valence-corrected chi connectivity index (χ0v) is 13.8. The van der Waals surface area contributed by atoms with Crippen LogP contribution < -0.4 is 5.32 Å². The summed E-state index contributed by atoms with van der Waals surface area (Å²) < 4.78 is 5.35. The molecule has 0 unspecified atom stereocenters.